The van der Waals surface area contributed by atoms with E-state index in [0.717, 1.165) is 12.8 Å². The fraction of sp³-hybridized carbons (Fsp3) is 0.538. The molecule has 14 heavy (non-hydrogen) atoms. The average Bonchev–Trinajstić information content (AvgIpc) is 2.44. The van der Waals surface area contributed by atoms with Crippen LogP contribution in [0.4, 0.5) is 0 Å². The van der Waals surface area contributed by atoms with Crippen molar-refractivity contribution in [1.82, 2.24) is 0 Å². The molecule has 1 saturated carbocycles. The lowest BCUT2D eigenvalue weighted by Crippen LogP contribution is -2.09. The van der Waals surface area contributed by atoms with E-state index >= 15 is 0 Å². The van der Waals surface area contributed by atoms with Gasteiger partial charge in [-0.2, -0.15) is 0 Å². The predicted octanol–water partition coefficient (Wildman–Crippen LogP) is 3.10. The van der Waals surface area contributed by atoms with Gasteiger partial charge in [0.25, 0.3) is 0 Å². The molecule has 0 bridgehead atoms. The van der Waals surface area contributed by atoms with Gasteiger partial charge in [0.2, 0.25) is 0 Å². The van der Waals surface area contributed by atoms with Crippen LogP contribution in [0.1, 0.15) is 43.6 Å². The summed E-state index contributed by atoms with van der Waals surface area (Å²) in [6.07, 6.45) is 5.54. The van der Waals surface area contributed by atoms with Crippen LogP contribution in [0.25, 0.3) is 0 Å². The molecule has 1 fully saturated rings. The lowest BCUT2D eigenvalue weighted by molar-refractivity contribution is 0.152. The Morgan fingerprint density at radius 3 is 2.50 bits per heavy atom. The van der Waals surface area contributed by atoms with Crippen molar-refractivity contribution in [1.29, 1.82) is 0 Å². The Balaban J connectivity index is 2.09. The SMILES string of the molecule is OC1CCCCC(c2ccccc2)C1. The third-order valence-corrected chi connectivity index (χ3v) is 3.17. The van der Waals surface area contributed by atoms with Gasteiger partial charge >= 0.3 is 0 Å². The van der Waals surface area contributed by atoms with Crippen molar-refractivity contribution in [2.75, 3.05) is 0 Å². The molecule has 0 spiro atoms. The molecule has 0 radical (unpaired) electrons. The molecule has 1 aliphatic carbocycles. The Hall–Kier alpha value is -0.820. The zero-order chi connectivity index (χ0) is 9.80. The minimum atomic E-state index is -0.0808. The first-order valence-corrected chi connectivity index (χ1v) is 5.59. The predicted molar refractivity (Wildman–Crippen MR) is 58.3 cm³/mol. The number of aliphatic hydroxyl groups excluding tert-OH is 1. The van der Waals surface area contributed by atoms with Crippen LogP contribution >= 0.6 is 0 Å². The van der Waals surface area contributed by atoms with Crippen LogP contribution in [-0.4, -0.2) is 11.2 Å². The zero-order valence-electron chi connectivity index (χ0n) is 8.52. The number of hydrogen-bond acceptors (Lipinski definition) is 1. The summed E-state index contributed by atoms with van der Waals surface area (Å²) in [7, 11) is 0. The highest BCUT2D eigenvalue weighted by Crippen LogP contribution is 2.31. The summed E-state index contributed by atoms with van der Waals surface area (Å²) < 4.78 is 0. The van der Waals surface area contributed by atoms with E-state index in [1.807, 2.05) is 0 Å². The fourth-order valence-electron chi connectivity index (χ4n) is 2.36. The van der Waals surface area contributed by atoms with Crippen LogP contribution in [-0.2, 0) is 0 Å². The molecule has 0 aromatic heterocycles. The summed E-state index contributed by atoms with van der Waals surface area (Å²) in [4.78, 5) is 0. The monoisotopic (exact) mass is 190 g/mol. The van der Waals surface area contributed by atoms with Crippen molar-refractivity contribution < 1.29 is 5.11 Å². The van der Waals surface area contributed by atoms with Gasteiger partial charge < -0.3 is 5.11 Å². The summed E-state index contributed by atoms with van der Waals surface area (Å²) in [5.74, 6) is 0.577. The third-order valence-electron chi connectivity index (χ3n) is 3.17. The van der Waals surface area contributed by atoms with Crippen molar-refractivity contribution in [3.8, 4) is 0 Å². The maximum Gasteiger partial charge on any atom is 0.0546 e. The average molecular weight is 190 g/mol. The Morgan fingerprint density at radius 2 is 1.71 bits per heavy atom. The van der Waals surface area contributed by atoms with Gasteiger partial charge in [0, 0.05) is 0 Å². The Bertz CT molecular complexity index is 268. The second-order valence-corrected chi connectivity index (χ2v) is 4.28. The van der Waals surface area contributed by atoms with E-state index < -0.39 is 0 Å². The van der Waals surface area contributed by atoms with E-state index in [1.54, 1.807) is 0 Å². The van der Waals surface area contributed by atoms with Crippen LogP contribution < -0.4 is 0 Å². The molecule has 1 heteroatoms. The van der Waals surface area contributed by atoms with Crippen LogP contribution in [0.3, 0.4) is 0 Å². The van der Waals surface area contributed by atoms with E-state index in [2.05, 4.69) is 30.3 Å². The molecule has 2 unspecified atom stereocenters. The highest BCUT2D eigenvalue weighted by atomic mass is 16.3. The molecule has 0 saturated heterocycles. The minimum absolute atomic E-state index is 0.0808. The van der Waals surface area contributed by atoms with E-state index in [0.29, 0.717) is 5.92 Å². The largest absolute Gasteiger partial charge is 0.393 e. The fourth-order valence-corrected chi connectivity index (χ4v) is 2.36. The van der Waals surface area contributed by atoms with Gasteiger partial charge in [-0.25, -0.2) is 0 Å². The molecule has 0 amide bonds. The van der Waals surface area contributed by atoms with Crippen LogP contribution in [0, 0.1) is 0 Å². The van der Waals surface area contributed by atoms with Crippen molar-refractivity contribution in [3.63, 3.8) is 0 Å². The number of benzene rings is 1. The summed E-state index contributed by atoms with van der Waals surface area (Å²) >= 11 is 0. The first-order chi connectivity index (χ1) is 6.86. The third kappa shape index (κ3) is 2.36. The molecule has 2 rings (SSSR count). The maximum atomic E-state index is 9.72. The van der Waals surface area contributed by atoms with Gasteiger partial charge in [-0.1, -0.05) is 43.2 Å². The number of aliphatic hydroxyl groups is 1. The van der Waals surface area contributed by atoms with Crippen molar-refractivity contribution in [2.24, 2.45) is 0 Å². The summed E-state index contributed by atoms with van der Waals surface area (Å²) in [6, 6.07) is 10.6. The van der Waals surface area contributed by atoms with E-state index in [4.69, 9.17) is 0 Å². The Kier molecular flexibility index (Phi) is 3.20. The lowest BCUT2D eigenvalue weighted by Gasteiger charge is -2.16. The molecule has 2 atom stereocenters. The smallest absolute Gasteiger partial charge is 0.0546 e. The van der Waals surface area contributed by atoms with Crippen LogP contribution in [0.15, 0.2) is 30.3 Å². The quantitative estimate of drug-likeness (QED) is 0.675. The zero-order valence-corrected chi connectivity index (χ0v) is 8.52. The molecule has 1 aromatic rings. The van der Waals surface area contributed by atoms with Crippen molar-refractivity contribution in [3.05, 3.63) is 35.9 Å². The Labute approximate surface area is 85.8 Å². The minimum Gasteiger partial charge on any atom is -0.393 e. The van der Waals surface area contributed by atoms with Gasteiger partial charge in [-0.05, 0) is 30.7 Å². The normalized spacial score (nSPS) is 28.4. The lowest BCUT2D eigenvalue weighted by atomic mass is 9.91. The van der Waals surface area contributed by atoms with Gasteiger partial charge in [0.1, 0.15) is 0 Å². The van der Waals surface area contributed by atoms with Gasteiger partial charge in [-0.15, -0.1) is 0 Å². The molecule has 0 heterocycles. The standard InChI is InChI=1S/C13H18O/c14-13-9-5-4-8-12(10-13)11-6-2-1-3-7-11/h1-3,6-7,12-14H,4-5,8-10H2. The number of hydrogen-bond donors (Lipinski definition) is 1. The van der Waals surface area contributed by atoms with Gasteiger partial charge in [0.05, 0.1) is 6.10 Å². The van der Waals surface area contributed by atoms with Gasteiger partial charge in [0.15, 0.2) is 0 Å². The highest BCUT2D eigenvalue weighted by molar-refractivity contribution is 5.19. The second-order valence-electron chi connectivity index (χ2n) is 4.28. The first kappa shape index (κ1) is 9.72. The van der Waals surface area contributed by atoms with Gasteiger partial charge in [-0.3, -0.25) is 0 Å². The van der Waals surface area contributed by atoms with Crippen molar-refractivity contribution >= 4 is 0 Å². The van der Waals surface area contributed by atoms with Crippen LogP contribution in [0.2, 0.25) is 0 Å². The summed E-state index contributed by atoms with van der Waals surface area (Å²) in [6.45, 7) is 0. The number of rotatable bonds is 1. The highest BCUT2D eigenvalue weighted by Gasteiger charge is 2.19. The molecule has 76 valence electrons. The first-order valence-electron chi connectivity index (χ1n) is 5.59. The molecule has 1 aliphatic rings. The van der Waals surface area contributed by atoms with Crippen LogP contribution in [0.5, 0.6) is 0 Å². The van der Waals surface area contributed by atoms with Crippen molar-refractivity contribution in [2.45, 2.75) is 44.1 Å². The molecular weight excluding hydrogens is 172 g/mol. The maximum absolute atomic E-state index is 9.72. The topological polar surface area (TPSA) is 20.2 Å². The molecule has 0 aliphatic heterocycles. The van der Waals surface area contributed by atoms with E-state index in [9.17, 15) is 5.11 Å². The molecule has 1 N–H and O–H groups in total. The van der Waals surface area contributed by atoms with E-state index in [1.165, 1.54) is 24.8 Å². The Morgan fingerprint density at radius 1 is 1.00 bits per heavy atom. The molecule has 1 nitrogen and oxygen atoms in total. The second kappa shape index (κ2) is 4.61. The molecular formula is C13H18O. The summed E-state index contributed by atoms with van der Waals surface area (Å²) in [5, 5.41) is 9.72. The summed E-state index contributed by atoms with van der Waals surface area (Å²) in [5.41, 5.74) is 1.40. The molecule has 1 aromatic carbocycles. The van der Waals surface area contributed by atoms with E-state index in [-0.39, 0.29) is 6.10 Å².